The van der Waals surface area contributed by atoms with Gasteiger partial charge in [-0.2, -0.15) is 0 Å². The molecule has 1 fully saturated rings. The van der Waals surface area contributed by atoms with Gasteiger partial charge in [0.15, 0.2) is 0 Å². The zero-order valence-corrected chi connectivity index (χ0v) is 11.8. The van der Waals surface area contributed by atoms with Crippen molar-refractivity contribution in [2.24, 2.45) is 11.8 Å². The van der Waals surface area contributed by atoms with Gasteiger partial charge in [-0.25, -0.2) is 0 Å². The first-order valence-electron chi connectivity index (χ1n) is 7.22. The summed E-state index contributed by atoms with van der Waals surface area (Å²) >= 11 is 0. The van der Waals surface area contributed by atoms with Gasteiger partial charge in [0, 0.05) is 32.3 Å². The Morgan fingerprint density at radius 1 is 1.35 bits per heavy atom. The maximum atomic E-state index is 8.81. The van der Waals surface area contributed by atoms with Crippen LogP contribution in [0.4, 0.5) is 0 Å². The van der Waals surface area contributed by atoms with Crippen LogP contribution in [0.15, 0.2) is 0 Å². The molecule has 0 bridgehead atoms. The second-order valence-electron chi connectivity index (χ2n) is 5.85. The Balaban J connectivity index is 2.36. The van der Waals surface area contributed by atoms with Crippen LogP contribution < -0.4 is 5.32 Å². The van der Waals surface area contributed by atoms with Crippen LogP contribution >= 0.6 is 0 Å². The Kier molecular flexibility index (Phi) is 7.09. The molecule has 0 spiro atoms. The molecule has 0 aliphatic carbocycles. The maximum absolute atomic E-state index is 8.81. The Bertz CT molecular complexity index is 197. The second kappa shape index (κ2) is 8.06. The summed E-state index contributed by atoms with van der Waals surface area (Å²) in [5.74, 6) is 1.60. The highest BCUT2D eigenvalue weighted by Crippen LogP contribution is 2.20. The van der Waals surface area contributed by atoms with Crippen molar-refractivity contribution in [1.29, 1.82) is 0 Å². The van der Waals surface area contributed by atoms with Crippen LogP contribution in [0, 0.1) is 11.8 Å². The molecule has 2 N–H and O–H groups in total. The third-order valence-electron chi connectivity index (χ3n) is 3.58. The maximum Gasteiger partial charge on any atom is 0.0443 e. The summed E-state index contributed by atoms with van der Waals surface area (Å²) in [6.45, 7) is 11.8. The lowest BCUT2D eigenvalue weighted by molar-refractivity contribution is 0.125. The monoisotopic (exact) mass is 242 g/mol. The Morgan fingerprint density at radius 2 is 2.12 bits per heavy atom. The van der Waals surface area contributed by atoms with Crippen LogP contribution in [0.1, 0.15) is 40.0 Å². The van der Waals surface area contributed by atoms with Gasteiger partial charge in [0.25, 0.3) is 0 Å². The largest absolute Gasteiger partial charge is 0.396 e. The van der Waals surface area contributed by atoms with E-state index in [2.05, 4.69) is 31.0 Å². The van der Waals surface area contributed by atoms with Crippen molar-refractivity contribution in [2.45, 2.75) is 46.1 Å². The smallest absolute Gasteiger partial charge is 0.0443 e. The van der Waals surface area contributed by atoms with E-state index in [1.54, 1.807) is 0 Å². The number of nitrogens with one attached hydrogen (secondary N) is 1. The molecule has 1 aliphatic heterocycles. The van der Waals surface area contributed by atoms with Crippen molar-refractivity contribution in [3.63, 3.8) is 0 Å². The first kappa shape index (κ1) is 14.9. The van der Waals surface area contributed by atoms with Crippen LogP contribution in [-0.2, 0) is 0 Å². The quantitative estimate of drug-likeness (QED) is 0.667. The van der Waals surface area contributed by atoms with E-state index in [1.165, 1.54) is 32.5 Å². The molecule has 2 unspecified atom stereocenters. The molecule has 0 saturated carbocycles. The van der Waals surface area contributed by atoms with Crippen LogP contribution in [-0.4, -0.2) is 48.8 Å². The van der Waals surface area contributed by atoms with Crippen molar-refractivity contribution in [3.8, 4) is 0 Å². The topological polar surface area (TPSA) is 35.5 Å². The van der Waals surface area contributed by atoms with Gasteiger partial charge in [-0.3, -0.25) is 0 Å². The molecule has 0 aromatic heterocycles. The molecular formula is C14H30N2O. The highest BCUT2D eigenvalue weighted by Gasteiger charge is 2.25. The SMILES string of the molecule is CCC1CC(NCCCO)CN(CC(C)C)C1. The fourth-order valence-electron chi connectivity index (χ4n) is 2.80. The first-order chi connectivity index (χ1) is 8.15. The summed E-state index contributed by atoms with van der Waals surface area (Å²) in [5.41, 5.74) is 0. The molecule has 2 atom stereocenters. The number of likely N-dealkylation sites (tertiary alicyclic amines) is 1. The third kappa shape index (κ3) is 5.84. The van der Waals surface area contributed by atoms with Gasteiger partial charge in [0.05, 0.1) is 0 Å². The van der Waals surface area contributed by atoms with Gasteiger partial charge in [-0.1, -0.05) is 27.2 Å². The number of rotatable bonds is 7. The number of piperidine rings is 1. The molecule has 0 aromatic rings. The zero-order valence-electron chi connectivity index (χ0n) is 11.8. The summed E-state index contributed by atoms with van der Waals surface area (Å²) in [7, 11) is 0. The molecule has 0 aromatic carbocycles. The molecule has 1 rings (SSSR count). The fourth-order valence-corrected chi connectivity index (χ4v) is 2.80. The van der Waals surface area contributed by atoms with Gasteiger partial charge in [-0.15, -0.1) is 0 Å². The Morgan fingerprint density at radius 3 is 2.71 bits per heavy atom. The normalized spacial score (nSPS) is 26.6. The minimum atomic E-state index is 0.298. The Labute approximate surface area is 107 Å². The molecule has 1 heterocycles. The molecule has 17 heavy (non-hydrogen) atoms. The van der Waals surface area contributed by atoms with Crippen LogP contribution in [0.5, 0.6) is 0 Å². The predicted octanol–water partition coefficient (Wildman–Crippen LogP) is 1.71. The van der Waals surface area contributed by atoms with E-state index < -0.39 is 0 Å². The third-order valence-corrected chi connectivity index (χ3v) is 3.58. The molecule has 3 nitrogen and oxygen atoms in total. The number of nitrogens with zero attached hydrogens (tertiary/aromatic N) is 1. The first-order valence-corrected chi connectivity index (χ1v) is 7.22. The lowest BCUT2D eigenvalue weighted by Crippen LogP contribution is -2.50. The van der Waals surface area contributed by atoms with Crippen molar-refractivity contribution in [3.05, 3.63) is 0 Å². The Hall–Kier alpha value is -0.120. The summed E-state index contributed by atoms with van der Waals surface area (Å²) in [4.78, 5) is 2.61. The number of hydrogen-bond acceptors (Lipinski definition) is 3. The highest BCUT2D eigenvalue weighted by molar-refractivity contribution is 4.83. The molecule has 1 aliphatic rings. The standard InChI is InChI=1S/C14H30N2O/c1-4-13-8-14(15-6-5-7-17)11-16(10-13)9-12(2)3/h12-15,17H,4-11H2,1-3H3. The number of aliphatic hydroxyl groups excluding tert-OH is 1. The minimum absolute atomic E-state index is 0.298. The predicted molar refractivity (Wildman–Crippen MR) is 73.2 cm³/mol. The van der Waals surface area contributed by atoms with Gasteiger partial charge in [0.2, 0.25) is 0 Å². The number of aliphatic hydroxyl groups is 1. The molecule has 102 valence electrons. The van der Waals surface area contributed by atoms with Gasteiger partial charge in [-0.05, 0) is 31.2 Å². The van der Waals surface area contributed by atoms with E-state index in [9.17, 15) is 0 Å². The molecule has 1 saturated heterocycles. The summed E-state index contributed by atoms with van der Waals surface area (Å²) in [6.07, 6.45) is 3.46. The van der Waals surface area contributed by atoms with E-state index in [1.807, 2.05) is 0 Å². The molecule has 3 heteroatoms. The molecule has 0 radical (unpaired) electrons. The number of hydrogen-bond donors (Lipinski definition) is 2. The summed E-state index contributed by atoms with van der Waals surface area (Å²) < 4.78 is 0. The highest BCUT2D eigenvalue weighted by atomic mass is 16.3. The van der Waals surface area contributed by atoms with E-state index in [0.717, 1.165) is 24.8 Å². The van der Waals surface area contributed by atoms with Crippen molar-refractivity contribution >= 4 is 0 Å². The van der Waals surface area contributed by atoms with Crippen LogP contribution in [0.25, 0.3) is 0 Å². The second-order valence-corrected chi connectivity index (χ2v) is 5.85. The van der Waals surface area contributed by atoms with Gasteiger partial charge < -0.3 is 15.3 Å². The van der Waals surface area contributed by atoms with Gasteiger partial charge >= 0.3 is 0 Å². The molecular weight excluding hydrogens is 212 g/mol. The summed E-state index contributed by atoms with van der Waals surface area (Å²) in [6, 6.07) is 0.624. The van der Waals surface area contributed by atoms with Gasteiger partial charge in [0.1, 0.15) is 0 Å². The molecule has 0 amide bonds. The van der Waals surface area contributed by atoms with E-state index in [4.69, 9.17) is 5.11 Å². The van der Waals surface area contributed by atoms with Crippen molar-refractivity contribution in [1.82, 2.24) is 10.2 Å². The fraction of sp³-hybridized carbons (Fsp3) is 1.00. The van der Waals surface area contributed by atoms with E-state index in [-0.39, 0.29) is 0 Å². The summed E-state index contributed by atoms with van der Waals surface area (Å²) in [5, 5.41) is 12.4. The zero-order chi connectivity index (χ0) is 12.7. The van der Waals surface area contributed by atoms with Crippen LogP contribution in [0.3, 0.4) is 0 Å². The van der Waals surface area contributed by atoms with Crippen molar-refractivity contribution in [2.75, 3.05) is 32.8 Å². The minimum Gasteiger partial charge on any atom is -0.396 e. The van der Waals surface area contributed by atoms with Crippen LogP contribution in [0.2, 0.25) is 0 Å². The lowest BCUT2D eigenvalue weighted by Gasteiger charge is -2.38. The van der Waals surface area contributed by atoms with Crippen molar-refractivity contribution < 1.29 is 5.11 Å². The lowest BCUT2D eigenvalue weighted by atomic mass is 9.91. The van der Waals surface area contributed by atoms with E-state index in [0.29, 0.717) is 12.6 Å². The average Bonchev–Trinajstić information content (AvgIpc) is 2.28. The average molecular weight is 242 g/mol. The van der Waals surface area contributed by atoms with E-state index >= 15 is 0 Å².